The number of carboxylic acids is 1. The molecule has 3 amide bonds. The molecule has 204 valence electrons. The van der Waals surface area contributed by atoms with Crippen LogP contribution >= 0.6 is 11.3 Å². The second-order valence-corrected chi connectivity index (χ2v) is 9.71. The van der Waals surface area contributed by atoms with Gasteiger partial charge in [-0.15, -0.1) is 11.3 Å². The maximum atomic E-state index is 12.2. The van der Waals surface area contributed by atoms with E-state index >= 15 is 0 Å². The van der Waals surface area contributed by atoms with E-state index in [9.17, 15) is 19.4 Å². The Morgan fingerprint density at radius 1 is 1.37 bits per heavy atom. The predicted octanol–water partition coefficient (Wildman–Crippen LogP) is 1.19. The molecule has 2 atom stereocenters. The molecule has 1 aromatic heterocycles. The smallest absolute Gasteiger partial charge is 0.534 e. The summed E-state index contributed by atoms with van der Waals surface area (Å²) in [5.74, 6) is -0.988. The minimum absolute atomic E-state index is 0.0890. The number of anilines is 1. The van der Waals surface area contributed by atoms with Crippen LogP contribution in [0.4, 0.5) is 9.93 Å². The number of likely N-dealkylation sites (N-methyl/N-ethyl adjacent to an activating group) is 2. The van der Waals surface area contributed by atoms with E-state index in [1.165, 1.54) is 29.4 Å². The Morgan fingerprint density at radius 3 is 2.68 bits per heavy atom. The van der Waals surface area contributed by atoms with E-state index in [0.717, 1.165) is 23.3 Å². The van der Waals surface area contributed by atoms with Crippen molar-refractivity contribution in [3.8, 4) is 5.75 Å². The van der Waals surface area contributed by atoms with Crippen molar-refractivity contribution in [2.45, 2.75) is 37.7 Å². The number of fused-ring (bicyclic) bond motifs is 1. The molecule has 1 aromatic carbocycles. The lowest BCUT2D eigenvalue weighted by atomic mass is 9.72. The van der Waals surface area contributed by atoms with Crippen molar-refractivity contribution in [3.63, 3.8) is 0 Å². The average molecular weight is 544 g/mol. The molecule has 0 bridgehead atoms. The number of amides is 3. The number of benzene rings is 1. The molecule has 1 aliphatic carbocycles. The molecule has 12 nitrogen and oxygen atoms in total. The van der Waals surface area contributed by atoms with Crippen molar-refractivity contribution in [1.82, 2.24) is 25.8 Å². The fourth-order valence-corrected chi connectivity index (χ4v) is 4.52. The molecule has 1 fully saturated rings. The molecule has 0 radical (unpaired) electrons. The molecule has 2 aromatic rings. The summed E-state index contributed by atoms with van der Waals surface area (Å²) in [6.45, 7) is 0.857. The number of nitrogens with zero attached hydrogens (tertiary/aromatic N) is 2. The SMILES string of the molecule is CNC1Cc2cccc(C(=O)O)c2OB1O.CNCCN(C=O)C(=O)NC(C=C1CCC1)c1csc(N)n1. The number of carboxylic acid groups (broad SMARTS) is 1. The van der Waals surface area contributed by atoms with Gasteiger partial charge in [-0.25, -0.2) is 14.6 Å². The van der Waals surface area contributed by atoms with Gasteiger partial charge in [-0.3, -0.25) is 9.69 Å². The van der Waals surface area contributed by atoms with Crippen LogP contribution in [0.1, 0.15) is 46.9 Å². The van der Waals surface area contributed by atoms with Crippen LogP contribution in [0.15, 0.2) is 35.2 Å². The number of carbonyl (C=O) groups is 3. The van der Waals surface area contributed by atoms with Gasteiger partial charge >= 0.3 is 19.1 Å². The zero-order valence-corrected chi connectivity index (χ0v) is 22.2. The summed E-state index contributed by atoms with van der Waals surface area (Å²) >= 11 is 1.33. The Kier molecular flexibility index (Phi) is 10.7. The number of nitrogens with two attached hydrogens (primary N) is 1. The lowest BCUT2D eigenvalue weighted by Crippen LogP contribution is -2.50. The van der Waals surface area contributed by atoms with Gasteiger partial charge in [-0.05, 0) is 51.4 Å². The first-order valence-electron chi connectivity index (χ1n) is 12.2. The first-order chi connectivity index (χ1) is 18.3. The molecule has 1 aliphatic heterocycles. The fraction of sp³-hybridized carbons (Fsp3) is 0.417. The van der Waals surface area contributed by atoms with Crippen LogP contribution in [0.2, 0.25) is 0 Å². The van der Waals surface area contributed by atoms with Crippen molar-refractivity contribution in [2.24, 2.45) is 0 Å². The van der Waals surface area contributed by atoms with Crippen LogP contribution in [0, 0.1) is 0 Å². The number of urea groups is 1. The van der Waals surface area contributed by atoms with Gasteiger partial charge in [0.2, 0.25) is 6.41 Å². The molecule has 38 heavy (non-hydrogen) atoms. The third-order valence-corrected chi connectivity index (χ3v) is 6.94. The number of hydrogen-bond acceptors (Lipinski definition) is 10. The second-order valence-electron chi connectivity index (χ2n) is 8.83. The standard InChI is InChI=1S/C14H21N5O2S.C10H12BNO4/c1-16-5-6-19(9-20)14(21)18-11(7-10-3-2-4-10)12-8-22-13(15)17-12;1-12-8-5-6-3-2-4-7(10(13)14)9(6)16-11(8)15/h7-9,11,16H,2-6H2,1H3,(H2,15,17)(H,18,21);2-4,8,12,15H,5H2,1H3,(H,13,14). The monoisotopic (exact) mass is 544 g/mol. The molecule has 2 unspecified atom stereocenters. The number of rotatable bonds is 9. The van der Waals surface area contributed by atoms with E-state index in [0.29, 0.717) is 36.7 Å². The average Bonchev–Trinajstić information content (AvgIpc) is 3.31. The van der Waals surface area contributed by atoms with Gasteiger partial charge in [0.1, 0.15) is 5.75 Å². The summed E-state index contributed by atoms with van der Waals surface area (Å²) in [4.78, 5) is 39.6. The number of aromatic nitrogens is 1. The molecular formula is C24H33BN6O6S. The number of aromatic carboxylic acids is 1. The number of thiazole rings is 1. The highest BCUT2D eigenvalue weighted by Gasteiger charge is 2.35. The van der Waals surface area contributed by atoms with Gasteiger partial charge in [0.05, 0.1) is 23.2 Å². The Morgan fingerprint density at radius 2 is 2.13 bits per heavy atom. The minimum atomic E-state index is -1.05. The molecule has 1 saturated carbocycles. The highest BCUT2D eigenvalue weighted by Crippen LogP contribution is 2.30. The second kappa shape index (κ2) is 13.9. The molecule has 2 heterocycles. The zero-order valence-electron chi connectivity index (χ0n) is 21.3. The first kappa shape index (κ1) is 29.1. The lowest BCUT2D eigenvalue weighted by Gasteiger charge is -2.27. The summed E-state index contributed by atoms with van der Waals surface area (Å²) in [5.41, 5.74) is 8.56. The van der Waals surface area contributed by atoms with Crippen LogP contribution in [-0.2, 0) is 11.2 Å². The Labute approximate surface area is 225 Å². The molecule has 4 rings (SSSR count). The predicted molar refractivity (Wildman–Crippen MR) is 145 cm³/mol. The van der Waals surface area contributed by atoms with Gasteiger partial charge in [0, 0.05) is 18.5 Å². The lowest BCUT2D eigenvalue weighted by molar-refractivity contribution is -0.115. The summed E-state index contributed by atoms with van der Waals surface area (Å²) in [6.07, 6.45) is 6.36. The number of imide groups is 1. The Balaban J connectivity index is 0.000000221. The van der Waals surface area contributed by atoms with Crippen LogP contribution in [-0.4, -0.2) is 78.7 Å². The Bertz CT molecular complexity index is 1160. The summed E-state index contributed by atoms with van der Waals surface area (Å²) in [5, 5.41) is 29.6. The largest absolute Gasteiger partial charge is 0.541 e. The number of carbonyl (C=O) groups excluding carboxylic acids is 2. The number of allylic oxidation sites excluding steroid dienone is 1. The van der Waals surface area contributed by atoms with Crippen molar-refractivity contribution in [1.29, 1.82) is 0 Å². The molecule has 2 aliphatic rings. The van der Waals surface area contributed by atoms with E-state index in [4.69, 9.17) is 15.5 Å². The highest BCUT2D eigenvalue weighted by atomic mass is 32.1. The van der Waals surface area contributed by atoms with E-state index in [1.54, 1.807) is 26.2 Å². The maximum absolute atomic E-state index is 12.2. The molecular weight excluding hydrogens is 511 g/mol. The first-order valence-corrected chi connectivity index (χ1v) is 13.1. The van der Waals surface area contributed by atoms with Crippen molar-refractivity contribution < 1.29 is 29.2 Å². The highest BCUT2D eigenvalue weighted by molar-refractivity contribution is 7.13. The van der Waals surface area contributed by atoms with E-state index < -0.39 is 19.1 Å². The van der Waals surface area contributed by atoms with Crippen molar-refractivity contribution in [3.05, 3.63) is 52.0 Å². The normalized spacial score (nSPS) is 16.6. The van der Waals surface area contributed by atoms with Gasteiger partial charge < -0.3 is 36.5 Å². The van der Waals surface area contributed by atoms with E-state index in [2.05, 4.69) is 20.9 Å². The summed E-state index contributed by atoms with van der Waals surface area (Å²) in [7, 11) is 2.48. The summed E-state index contributed by atoms with van der Waals surface area (Å²) < 4.78 is 5.24. The third-order valence-electron chi connectivity index (χ3n) is 6.25. The van der Waals surface area contributed by atoms with E-state index in [-0.39, 0.29) is 23.3 Å². The van der Waals surface area contributed by atoms with Crippen LogP contribution in [0.3, 0.4) is 0 Å². The van der Waals surface area contributed by atoms with Crippen LogP contribution < -0.4 is 26.3 Å². The fourth-order valence-electron chi connectivity index (χ4n) is 3.92. The third kappa shape index (κ3) is 7.54. The number of para-hydroxylation sites is 1. The number of hydrogen-bond donors (Lipinski definition) is 6. The molecule has 14 heteroatoms. The van der Waals surface area contributed by atoms with Gasteiger partial charge in [-0.1, -0.05) is 23.8 Å². The zero-order chi connectivity index (χ0) is 27.7. The molecule has 0 saturated heterocycles. The Hall–Kier alpha value is -3.46. The van der Waals surface area contributed by atoms with Crippen molar-refractivity contribution >= 4 is 42.0 Å². The minimum Gasteiger partial charge on any atom is -0.534 e. The van der Waals surface area contributed by atoms with Gasteiger partial charge in [-0.2, -0.15) is 0 Å². The molecule has 7 N–H and O–H groups in total. The van der Waals surface area contributed by atoms with Crippen LogP contribution in [0.25, 0.3) is 0 Å². The quantitative estimate of drug-likeness (QED) is 0.153. The topological polar surface area (TPSA) is 179 Å². The van der Waals surface area contributed by atoms with Gasteiger partial charge in [0.15, 0.2) is 5.13 Å². The van der Waals surface area contributed by atoms with E-state index in [1.807, 2.05) is 11.5 Å². The maximum Gasteiger partial charge on any atom is 0.541 e. The van der Waals surface area contributed by atoms with Crippen molar-refractivity contribution in [2.75, 3.05) is 32.9 Å². The van der Waals surface area contributed by atoms with Crippen LogP contribution in [0.5, 0.6) is 5.75 Å². The van der Waals surface area contributed by atoms with Gasteiger partial charge in [0.25, 0.3) is 0 Å². The number of nitrogen functional groups attached to an aromatic ring is 1. The summed E-state index contributed by atoms with van der Waals surface area (Å²) in [6, 6.07) is 4.16. The number of nitrogens with one attached hydrogen (secondary N) is 3. The molecule has 0 spiro atoms.